The number of benzene rings is 1. The molecule has 0 fully saturated rings. The Kier molecular flexibility index (Phi) is 4.33. The maximum Gasteiger partial charge on any atom is 0.405 e. The van der Waals surface area contributed by atoms with Crippen LogP contribution in [0.25, 0.3) is 0 Å². The van der Waals surface area contributed by atoms with Gasteiger partial charge in [0.25, 0.3) is 0 Å². The van der Waals surface area contributed by atoms with Crippen LogP contribution in [0.3, 0.4) is 0 Å². The van der Waals surface area contributed by atoms with Crippen molar-refractivity contribution in [2.45, 2.75) is 6.18 Å². The van der Waals surface area contributed by atoms with Crippen molar-refractivity contribution in [1.82, 2.24) is 0 Å². The van der Waals surface area contributed by atoms with Crippen molar-refractivity contribution in [3.05, 3.63) is 23.8 Å². The Morgan fingerprint density at radius 3 is 2.06 bits per heavy atom. The first kappa shape index (κ1) is 14.5. The summed E-state index contributed by atoms with van der Waals surface area (Å²) in [5.74, 6) is -2.41. The summed E-state index contributed by atoms with van der Waals surface area (Å²) in [5.41, 5.74) is 4.08. The van der Waals surface area contributed by atoms with Gasteiger partial charge < -0.3 is 15.7 Å². The smallest absolute Gasteiger partial charge is 0.399 e. The minimum absolute atomic E-state index is 0.232. The summed E-state index contributed by atoms with van der Waals surface area (Å²) in [6, 6.07) is 1.44. The van der Waals surface area contributed by atoms with E-state index in [2.05, 4.69) is 0 Å². The number of aliphatic hydroxyl groups excluding tert-OH is 1. The molecule has 8 heteroatoms. The molecule has 0 radical (unpaired) electrons. The zero-order valence-corrected chi connectivity index (χ0v) is 9.14. The molecule has 1 aromatic carbocycles. The molecule has 0 aliphatic carbocycles. The molecule has 0 aromatic heterocycles. The van der Waals surface area contributed by atoms with Crippen molar-refractivity contribution in [3.8, 4) is 0 Å². The lowest BCUT2D eigenvalue weighted by atomic mass is 10.2. The molecule has 102 valence electrons. The number of anilines is 2. The second-order valence-corrected chi connectivity index (χ2v) is 3.59. The SMILES string of the molecule is Nc1cc(F)c(N(CCO)CC(F)(F)F)c(F)c1. The number of hydrogen-bond acceptors (Lipinski definition) is 3. The fourth-order valence-corrected chi connectivity index (χ4v) is 1.49. The molecule has 0 atom stereocenters. The maximum absolute atomic E-state index is 13.4. The number of alkyl halides is 3. The maximum atomic E-state index is 13.4. The van der Waals surface area contributed by atoms with Gasteiger partial charge in [0.15, 0.2) is 11.6 Å². The van der Waals surface area contributed by atoms with Crippen LogP contribution in [0.15, 0.2) is 12.1 Å². The van der Waals surface area contributed by atoms with Crippen LogP contribution in [0.5, 0.6) is 0 Å². The predicted octanol–water partition coefficient (Wildman–Crippen LogP) is 1.91. The van der Waals surface area contributed by atoms with Crippen LogP contribution in [-0.4, -0.2) is 31.0 Å². The number of nitrogens with two attached hydrogens (primary N) is 1. The average molecular weight is 270 g/mol. The third kappa shape index (κ3) is 3.73. The highest BCUT2D eigenvalue weighted by atomic mass is 19.4. The molecule has 0 spiro atoms. The van der Waals surface area contributed by atoms with Crippen LogP contribution in [0, 0.1) is 11.6 Å². The van der Waals surface area contributed by atoms with E-state index in [0.717, 1.165) is 12.1 Å². The molecule has 0 unspecified atom stereocenters. The monoisotopic (exact) mass is 270 g/mol. The lowest BCUT2D eigenvalue weighted by Crippen LogP contribution is -2.37. The van der Waals surface area contributed by atoms with Crippen LogP contribution in [0.1, 0.15) is 0 Å². The molecule has 0 amide bonds. The van der Waals surface area contributed by atoms with Crippen LogP contribution < -0.4 is 10.6 Å². The average Bonchev–Trinajstić information content (AvgIpc) is 2.13. The lowest BCUT2D eigenvalue weighted by Gasteiger charge is -2.26. The number of aliphatic hydroxyl groups is 1. The van der Waals surface area contributed by atoms with E-state index in [4.69, 9.17) is 10.8 Å². The molecular weight excluding hydrogens is 259 g/mol. The molecule has 3 nitrogen and oxygen atoms in total. The Balaban J connectivity index is 3.13. The van der Waals surface area contributed by atoms with Gasteiger partial charge >= 0.3 is 6.18 Å². The van der Waals surface area contributed by atoms with Crippen LogP contribution >= 0.6 is 0 Å². The number of nitrogen functional groups attached to an aromatic ring is 1. The Morgan fingerprint density at radius 2 is 1.67 bits per heavy atom. The first-order valence-electron chi connectivity index (χ1n) is 4.91. The third-order valence-electron chi connectivity index (χ3n) is 2.10. The topological polar surface area (TPSA) is 49.5 Å². The van der Waals surface area contributed by atoms with Gasteiger partial charge in [0.05, 0.1) is 6.61 Å². The molecule has 18 heavy (non-hydrogen) atoms. The van der Waals surface area contributed by atoms with Crippen molar-refractivity contribution in [2.24, 2.45) is 0 Å². The van der Waals surface area contributed by atoms with Crippen molar-refractivity contribution in [3.63, 3.8) is 0 Å². The van der Waals surface area contributed by atoms with Gasteiger partial charge in [-0.1, -0.05) is 0 Å². The van der Waals surface area contributed by atoms with E-state index < -0.39 is 43.2 Å². The van der Waals surface area contributed by atoms with Crippen LogP contribution in [0.4, 0.5) is 33.3 Å². The molecule has 3 N–H and O–H groups in total. The highest BCUT2D eigenvalue weighted by Crippen LogP contribution is 2.28. The first-order valence-corrected chi connectivity index (χ1v) is 4.91. The summed E-state index contributed by atoms with van der Waals surface area (Å²) in [6.07, 6.45) is -4.64. The van der Waals surface area contributed by atoms with Crippen molar-refractivity contribution in [1.29, 1.82) is 0 Å². The number of rotatable bonds is 4. The second-order valence-electron chi connectivity index (χ2n) is 3.59. The Bertz CT molecular complexity index is 398. The Labute approximate surface area is 99.6 Å². The van der Waals surface area contributed by atoms with Gasteiger partial charge in [-0.2, -0.15) is 13.2 Å². The Morgan fingerprint density at radius 1 is 1.17 bits per heavy atom. The minimum atomic E-state index is -4.64. The number of halogens is 5. The molecule has 0 saturated heterocycles. The first-order chi connectivity index (χ1) is 8.24. The summed E-state index contributed by atoms with van der Waals surface area (Å²) in [7, 11) is 0. The predicted molar refractivity (Wildman–Crippen MR) is 56.1 cm³/mol. The highest BCUT2D eigenvalue weighted by Gasteiger charge is 2.32. The zero-order chi connectivity index (χ0) is 13.9. The molecule has 0 aliphatic rings. The Hall–Kier alpha value is -1.57. The molecule has 1 rings (SSSR count). The molecule has 0 bridgehead atoms. The van der Waals surface area contributed by atoms with Crippen molar-refractivity contribution in [2.75, 3.05) is 30.3 Å². The van der Waals surface area contributed by atoms with Gasteiger partial charge in [-0.05, 0) is 12.1 Å². The second kappa shape index (κ2) is 5.38. The summed E-state index contributed by atoms with van der Waals surface area (Å²) in [4.78, 5) is 0.379. The van der Waals surface area contributed by atoms with Gasteiger partial charge in [0.2, 0.25) is 0 Å². The summed E-state index contributed by atoms with van der Waals surface area (Å²) in [6.45, 7) is -2.78. The molecule has 0 aliphatic heterocycles. The lowest BCUT2D eigenvalue weighted by molar-refractivity contribution is -0.120. The van der Waals surface area contributed by atoms with Crippen molar-refractivity contribution < 1.29 is 27.1 Å². The normalized spacial score (nSPS) is 11.7. The van der Waals surface area contributed by atoms with Gasteiger partial charge in [0, 0.05) is 12.2 Å². The summed E-state index contributed by atoms with van der Waals surface area (Å²) in [5, 5.41) is 8.65. The van der Waals surface area contributed by atoms with Crippen molar-refractivity contribution >= 4 is 11.4 Å². The minimum Gasteiger partial charge on any atom is -0.399 e. The van der Waals surface area contributed by atoms with Crippen LogP contribution in [-0.2, 0) is 0 Å². The quantitative estimate of drug-likeness (QED) is 0.649. The molecule has 0 heterocycles. The van der Waals surface area contributed by atoms with Gasteiger partial charge in [-0.3, -0.25) is 0 Å². The summed E-state index contributed by atoms with van der Waals surface area (Å²) >= 11 is 0. The van der Waals surface area contributed by atoms with Gasteiger partial charge in [0.1, 0.15) is 12.2 Å². The largest absolute Gasteiger partial charge is 0.405 e. The molecular formula is C10H11F5N2O. The summed E-state index contributed by atoms with van der Waals surface area (Å²) < 4.78 is 63.7. The molecule has 1 aromatic rings. The van der Waals surface area contributed by atoms with E-state index in [1.165, 1.54) is 0 Å². The fraction of sp³-hybridized carbons (Fsp3) is 0.400. The molecule has 0 saturated carbocycles. The van der Waals surface area contributed by atoms with E-state index in [0.29, 0.717) is 4.90 Å². The van der Waals surface area contributed by atoms with E-state index in [-0.39, 0.29) is 5.69 Å². The standard InChI is InChI=1S/C10H11F5N2O/c11-7-3-6(16)4-8(12)9(7)17(1-2-18)5-10(13,14)15/h3-4,18H,1-2,5,16H2. The van der Waals surface area contributed by atoms with Gasteiger partial charge in [-0.25, -0.2) is 8.78 Å². The van der Waals surface area contributed by atoms with E-state index in [1.807, 2.05) is 0 Å². The van der Waals surface area contributed by atoms with E-state index in [1.54, 1.807) is 0 Å². The van der Waals surface area contributed by atoms with E-state index >= 15 is 0 Å². The van der Waals surface area contributed by atoms with Crippen LogP contribution in [0.2, 0.25) is 0 Å². The zero-order valence-electron chi connectivity index (χ0n) is 9.14. The highest BCUT2D eigenvalue weighted by molar-refractivity contribution is 5.56. The number of nitrogens with zero attached hydrogens (tertiary/aromatic N) is 1. The van der Waals surface area contributed by atoms with E-state index in [9.17, 15) is 22.0 Å². The number of hydrogen-bond donors (Lipinski definition) is 2. The van der Waals surface area contributed by atoms with Gasteiger partial charge in [-0.15, -0.1) is 0 Å². The third-order valence-corrected chi connectivity index (χ3v) is 2.10. The fourth-order valence-electron chi connectivity index (χ4n) is 1.49.